The zero-order chi connectivity index (χ0) is 12.3. The Morgan fingerprint density at radius 1 is 1.29 bits per heavy atom. The fraction of sp³-hybridized carbons (Fsp3) is 0.182. The maximum atomic E-state index is 11.5. The van der Waals surface area contributed by atoms with E-state index in [-0.39, 0.29) is 17.7 Å². The molecule has 2 aromatic rings. The van der Waals surface area contributed by atoms with Gasteiger partial charge in [-0.1, -0.05) is 6.07 Å². The molecule has 0 aliphatic rings. The van der Waals surface area contributed by atoms with Crippen LogP contribution in [0.2, 0.25) is 0 Å². The average Bonchev–Trinajstić information content (AvgIpc) is 2.34. The van der Waals surface area contributed by atoms with Gasteiger partial charge in [0.15, 0.2) is 0 Å². The van der Waals surface area contributed by atoms with E-state index in [1.165, 1.54) is 16.8 Å². The highest BCUT2D eigenvalue weighted by atomic mass is 16.1. The van der Waals surface area contributed by atoms with Gasteiger partial charge in [0.1, 0.15) is 0 Å². The van der Waals surface area contributed by atoms with Gasteiger partial charge in [-0.15, -0.1) is 0 Å². The van der Waals surface area contributed by atoms with Crippen LogP contribution in [0.5, 0.6) is 0 Å². The number of nitrogens with zero attached hydrogens (tertiary/aromatic N) is 2. The third-order valence-corrected chi connectivity index (χ3v) is 2.39. The van der Waals surface area contributed by atoms with E-state index in [0.717, 1.165) is 5.56 Å². The van der Waals surface area contributed by atoms with E-state index >= 15 is 0 Å². The molecule has 2 aromatic heterocycles. The number of pyridine rings is 1. The molecule has 0 spiro atoms. The molecule has 0 saturated heterocycles. The molecule has 6 heteroatoms. The second-order valence-electron chi connectivity index (χ2n) is 3.55. The molecule has 0 unspecified atom stereocenters. The molecule has 0 saturated carbocycles. The Balaban J connectivity index is 2.41. The Bertz CT molecular complexity index is 630. The smallest absolute Gasteiger partial charge is 0.265 e. The monoisotopic (exact) mass is 232 g/mol. The van der Waals surface area contributed by atoms with Crippen molar-refractivity contribution in [1.82, 2.24) is 14.8 Å². The van der Waals surface area contributed by atoms with Crippen LogP contribution in [0.4, 0.5) is 0 Å². The van der Waals surface area contributed by atoms with E-state index in [1.807, 2.05) is 6.07 Å². The van der Waals surface area contributed by atoms with Crippen molar-refractivity contribution in [1.29, 1.82) is 0 Å². The first-order valence-corrected chi connectivity index (χ1v) is 5.13. The summed E-state index contributed by atoms with van der Waals surface area (Å²) in [6.07, 6.45) is 1.64. The predicted molar refractivity (Wildman–Crippen MR) is 62.6 cm³/mol. The van der Waals surface area contributed by atoms with E-state index in [1.54, 1.807) is 12.3 Å². The van der Waals surface area contributed by atoms with Crippen LogP contribution >= 0.6 is 0 Å². The molecule has 0 fully saturated rings. The van der Waals surface area contributed by atoms with Gasteiger partial charge in [-0.3, -0.25) is 19.7 Å². The highest BCUT2D eigenvalue weighted by Crippen LogP contribution is 2.04. The van der Waals surface area contributed by atoms with Gasteiger partial charge < -0.3 is 5.73 Å². The average molecular weight is 232 g/mol. The van der Waals surface area contributed by atoms with Crippen LogP contribution in [0.15, 0.2) is 40.1 Å². The van der Waals surface area contributed by atoms with Gasteiger partial charge in [0, 0.05) is 24.9 Å². The van der Waals surface area contributed by atoms with Gasteiger partial charge in [-0.05, 0) is 11.6 Å². The minimum absolute atomic E-state index is 0.259. The van der Waals surface area contributed by atoms with Crippen molar-refractivity contribution in [3.63, 3.8) is 0 Å². The summed E-state index contributed by atoms with van der Waals surface area (Å²) in [5.74, 6) is 0. The first-order valence-electron chi connectivity index (χ1n) is 5.13. The fourth-order valence-corrected chi connectivity index (χ4v) is 1.55. The molecule has 0 amide bonds. The molecule has 6 nitrogen and oxygen atoms in total. The van der Waals surface area contributed by atoms with Crippen LogP contribution in [0.1, 0.15) is 11.3 Å². The fourth-order valence-electron chi connectivity index (χ4n) is 1.55. The summed E-state index contributed by atoms with van der Waals surface area (Å²) in [4.78, 5) is 26.8. The van der Waals surface area contributed by atoms with E-state index in [2.05, 4.69) is 10.1 Å². The lowest BCUT2D eigenvalue weighted by Gasteiger charge is -2.08. The zero-order valence-corrected chi connectivity index (χ0v) is 9.09. The number of nitrogens with two attached hydrogens (primary N) is 1. The van der Waals surface area contributed by atoms with Crippen LogP contribution in [-0.4, -0.2) is 14.8 Å². The molecule has 0 aliphatic heterocycles. The Hall–Kier alpha value is -2.21. The van der Waals surface area contributed by atoms with Crippen LogP contribution in [-0.2, 0) is 13.1 Å². The van der Waals surface area contributed by atoms with Crippen molar-refractivity contribution in [3.05, 3.63) is 62.4 Å². The largest absolute Gasteiger partial charge is 0.325 e. The van der Waals surface area contributed by atoms with Gasteiger partial charge in [0.2, 0.25) is 0 Å². The Morgan fingerprint density at radius 3 is 2.88 bits per heavy atom. The summed E-state index contributed by atoms with van der Waals surface area (Å²) in [5.41, 5.74) is 6.50. The molecule has 3 N–H and O–H groups in total. The molecule has 2 heterocycles. The Kier molecular flexibility index (Phi) is 3.15. The van der Waals surface area contributed by atoms with E-state index in [9.17, 15) is 9.59 Å². The van der Waals surface area contributed by atoms with Crippen molar-refractivity contribution in [2.75, 3.05) is 0 Å². The highest BCUT2D eigenvalue weighted by Gasteiger charge is 2.04. The Labute approximate surface area is 96.7 Å². The molecule has 17 heavy (non-hydrogen) atoms. The first kappa shape index (κ1) is 11.3. The summed E-state index contributed by atoms with van der Waals surface area (Å²) in [5, 5.41) is 2.46. The molecule has 0 atom stereocenters. The summed E-state index contributed by atoms with van der Waals surface area (Å²) < 4.78 is 1.23. The maximum absolute atomic E-state index is 11.5. The minimum Gasteiger partial charge on any atom is -0.325 e. The number of hydrogen-bond acceptors (Lipinski definition) is 4. The molecule has 88 valence electrons. The lowest BCUT2D eigenvalue weighted by molar-refractivity contribution is 0.621. The lowest BCUT2D eigenvalue weighted by atomic mass is 10.2. The number of nitrogens with one attached hydrogen (secondary N) is 1. The second-order valence-corrected chi connectivity index (χ2v) is 3.55. The number of aromatic amines is 1. The summed E-state index contributed by atoms with van der Waals surface area (Å²) in [6.45, 7) is 0.553. The molecular weight excluding hydrogens is 220 g/mol. The van der Waals surface area contributed by atoms with Crippen molar-refractivity contribution in [2.24, 2.45) is 5.73 Å². The molecule has 0 radical (unpaired) electrons. The van der Waals surface area contributed by atoms with E-state index in [4.69, 9.17) is 5.73 Å². The zero-order valence-electron chi connectivity index (χ0n) is 9.09. The second kappa shape index (κ2) is 4.75. The quantitative estimate of drug-likeness (QED) is 0.741. The van der Waals surface area contributed by atoms with Crippen LogP contribution in [0, 0.1) is 0 Å². The summed E-state index contributed by atoms with van der Waals surface area (Å²) in [6, 6.07) is 6.02. The standard InChI is InChI=1S/C11H12N4O2/c12-6-9-8(2-1-5-13-9)7-15-11(17)4-3-10(16)14-15/h1-5H,6-7,12H2,(H,14,16). The van der Waals surface area contributed by atoms with Gasteiger partial charge in [0.05, 0.1) is 12.2 Å². The van der Waals surface area contributed by atoms with Gasteiger partial charge in [0.25, 0.3) is 11.1 Å². The van der Waals surface area contributed by atoms with E-state index in [0.29, 0.717) is 12.2 Å². The molecule has 2 rings (SSSR count). The predicted octanol–water partition coefficient (Wildman–Crippen LogP) is -0.561. The highest BCUT2D eigenvalue weighted by molar-refractivity contribution is 5.19. The van der Waals surface area contributed by atoms with Crippen molar-refractivity contribution in [2.45, 2.75) is 13.1 Å². The molecule has 0 bridgehead atoms. The maximum Gasteiger partial charge on any atom is 0.265 e. The van der Waals surface area contributed by atoms with Crippen LogP contribution < -0.4 is 16.9 Å². The van der Waals surface area contributed by atoms with Crippen molar-refractivity contribution >= 4 is 0 Å². The van der Waals surface area contributed by atoms with Crippen LogP contribution in [0.25, 0.3) is 0 Å². The summed E-state index contributed by atoms with van der Waals surface area (Å²) >= 11 is 0. The van der Waals surface area contributed by atoms with Crippen LogP contribution in [0.3, 0.4) is 0 Å². The molecule has 0 aromatic carbocycles. The molecule has 0 aliphatic carbocycles. The topological polar surface area (TPSA) is 93.8 Å². The third kappa shape index (κ3) is 2.48. The summed E-state index contributed by atoms with van der Waals surface area (Å²) in [7, 11) is 0. The first-order chi connectivity index (χ1) is 8.20. The molecular formula is C11H12N4O2. The van der Waals surface area contributed by atoms with Crippen molar-refractivity contribution < 1.29 is 0 Å². The van der Waals surface area contributed by atoms with Gasteiger partial charge in [-0.2, -0.15) is 0 Å². The van der Waals surface area contributed by atoms with Gasteiger partial charge in [-0.25, -0.2) is 4.68 Å². The number of rotatable bonds is 3. The SMILES string of the molecule is NCc1ncccc1Cn1[nH]c(=O)ccc1=O. The Morgan fingerprint density at radius 2 is 2.12 bits per heavy atom. The minimum atomic E-state index is -0.317. The number of hydrogen-bond donors (Lipinski definition) is 2. The van der Waals surface area contributed by atoms with E-state index < -0.39 is 0 Å². The van der Waals surface area contributed by atoms with Crippen molar-refractivity contribution in [3.8, 4) is 0 Å². The normalized spacial score (nSPS) is 10.4. The number of aromatic nitrogens is 3. The lowest BCUT2D eigenvalue weighted by Crippen LogP contribution is -2.28. The van der Waals surface area contributed by atoms with Gasteiger partial charge >= 0.3 is 0 Å². The number of H-pyrrole nitrogens is 1. The third-order valence-electron chi connectivity index (χ3n) is 2.39.